The molecule has 0 amide bonds. The Morgan fingerprint density at radius 1 is 1.15 bits per heavy atom. The maximum absolute atomic E-state index is 3.67. The van der Waals surface area contributed by atoms with Crippen molar-refractivity contribution in [1.82, 2.24) is 0 Å². The highest BCUT2D eigenvalue weighted by Crippen LogP contribution is 2.42. The lowest BCUT2D eigenvalue weighted by Gasteiger charge is -2.21. The zero-order chi connectivity index (χ0) is 19.5. The monoisotopic (exact) mass is 354 g/mol. The SMILES string of the molecule is C=C=CC1=CC(C)C2C=CCCC[C@H]12.CC.CC1CCC=C(C(C)C)C1. The highest BCUT2D eigenvalue weighted by molar-refractivity contribution is 5.30. The zero-order valence-corrected chi connectivity index (χ0v) is 18.2. The van der Waals surface area contributed by atoms with E-state index in [1.807, 2.05) is 13.8 Å². The first-order chi connectivity index (χ1) is 12.5. The predicted molar refractivity (Wildman–Crippen MR) is 118 cm³/mol. The summed E-state index contributed by atoms with van der Waals surface area (Å²) in [6, 6.07) is 0. The molecule has 0 saturated heterocycles. The third-order valence-electron chi connectivity index (χ3n) is 5.86. The van der Waals surface area contributed by atoms with Crippen LogP contribution in [0.2, 0.25) is 0 Å². The lowest BCUT2D eigenvalue weighted by molar-refractivity contribution is 0.402. The fourth-order valence-corrected chi connectivity index (χ4v) is 4.39. The first-order valence-electron chi connectivity index (χ1n) is 11.0. The molecular formula is C26H42. The molecule has 0 radical (unpaired) electrons. The molecule has 0 fully saturated rings. The van der Waals surface area contributed by atoms with Crippen LogP contribution >= 0.6 is 0 Å². The molecule has 0 aromatic carbocycles. The van der Waals surface area contributed by atoms with Crippen LogP contribution in [0, 0.1) is 29.6 Å². The molecule has 0 aromatic heterocycles. The Morgan fingerprint density at radius 3 is 2.46 bits per heavy atom. The average Bonchev–Trinajstić information content (AvgIpc) is 2.81. The van der Waals surface area contributed by atoms with E-state index in [1.54, 1.807) is 5.57 Å². The molecule has 0 heteroatoms. The molecular weight excluding hydrogens is 312 g/mol. The van der Waals surface area contributed by atoms with E-state index in [0.717, 1.165) is 23.7 Å². The van der Waals surface area contributed by atoms with Crippen LogP contribution in [0.5, 0.6) is 0 Å². The van der Waals surface area contributed by atoms with Gasteiger partial charge in [0.05, 0.1) is 0 Å². The van der Waals surface area contributed by atoms with Gasteiger partial charge in [-0.3, -0.25) is 0 Å². The largest absolute Gasteiger partial charge is 0.128 e. The van der Waals surface area contributed by atoms with E-state index in [4.69, 9.17) is 0 Å². The van der Waals surface area contributed by atoms with Crippen LogP contribution in [0.3, 0.4) is 0 Å². The van der Waals surface area contributed by atoms with Crippen molar-refractivity contribution in [3.8, 4) is 0 Å². The molecule has 3 unspecified atom stereocenters. The number of hydrogen-bond donors (Lipinski definition) is 0. The van der Waals surface area contributed by atoms with E-state index in [0.29, 0.717) is 5.92 Å². The fourth-order valence-electron chi connectivity index (χ4n) is 4.39. The number of allylic oxidation sites excluding steroid dienone is 7. The van der Waals surface area contributed by atoms with Crippen molar-refractivity contribution in [2.24, 2.45) is 29.6 Å². The lowest BCUT2D eigenvalue weighted by atomic mass is 9.85. The molecule has 0 N–H and O–H groups in total. The standard InChI is InChI=1S/C14H18.C10H18.C2H6/c1-3-7-12-10-11(2)13-8-5-4-6-9-14(12)13;1-8(2)10-6-4-5-9(3)7-10;1-2/h5,7-8,10-11,13-14H,1,4,6,9H2,2H3;6,8-9H,4-5,7H2,1-3H3;1-2H3/t11?,13?,14-;;/m1../s1. The number of hydrogen-bond acceptors (Lipinski definition) is 0. The second-order valence-electron chi connectivity index (χ2n) is 8.24. The number of rotatable bonds is 2. The van der Waals surface area contributed by atoms with Gasteiger partial charge in [-0.15, -0.1) is 5.73 Å². The van der Waals surface area contributed by atoms with Crippen molar-refractivity contribution < 1.29 is 0 Å². The minimum absolute atomic E-state index is 0.689. The van der Waals surface area contributed by atoms with Gasteiger partial charge in [0.15, 0.2) is 0 Å². The molecule has 0 nitrogen and oxygen atoms in total. The van der Waals surface area contributed by atoms with Gasteiger partial charge in [0.1, 0.15) is 0 Å². The smallest absolute Gasteiger partial charge is 0.00903 e. The summed E-state index contributed by atoms with van der Waals surface area (Å²) in [5.41, 5.74) is 6.06. The van der Waals surface area contributed by atoms with E-state index >= 15 is 0 Å². The molecule has 0 saturated carbocycles. The van der Waals surface area contributed by atoms with E-state index < -0.39 is 0 Å². The zero-order valence-electron chi connectivity index (χ0n) is 18.2. The third-order valence-corrected chi connectivity index (χ3v) is 5.86. The summed E-state index contributed by atoms with van der Waals surface area (Å²) in [7, 11) is 0. The molecule has 26 heavy (non-hydrogen) atoms. The van der Waals surface area contributed by atoms with Crippen molar-refractivity contribution >= 4 is 0 Å². The molecule has 146 valence electrons. The van der Waals surface area contributed by atoms with Crippen molar-refractivity contribution in [2.75, 3.05) is 0 Å². The van der Waals surface area contributed by atoms with Crippen molar-refractivity contribution in [3.05, 3.63) is 53.8 Å². The van der Waals surface area contributed by atoms with Crippen molar-refractivity contribution in [3.63, 3.8) is 0 Å². The van der Waals surface area contributed by atoms with Gasteiger partial charge in [-0.25, -0.2) is 0 Å². The van der Waals surface area contributed by atoms with Gasteiger partial charge in [-0.2, -0.15) is 0 Å². The summed E-state index contributed by atoms with van der Waals surface area (Å²) in [6.07, 6.45) is 19.6. The van der Waals surface area contributed by atoms with E-state index in [-0.39, 0.29) is 0 Å². The third kappa shape index (κ3) is 6.81. The van der Waals surface area contributed by atoms with Crippen LogP contribution < -0.4 is 0 Å². The Morgan fingerprint density at radius 2 is 1.88 bits per heavy atom. The molecule has 0 heterocycles. The first-order valence-corrected chi connectivity index (χ1v) is 11.0. The van der Waals surface area contributed by atoms with Gasteiger partial charge in [-0.1, -0.05) is 78.0 Å². The summed E-state index contributed by atoms with van der Waals surface area (Å²) >= 11 is 0. The van der Waals surface area contributed by atoms with Crippen LogP contribution in [0.15, 0.2) is 53.8 Å². The highest BCUT2D eigenvalue weighted by Gasteiger charge is 2.32. The van der Waals surface area contributed by atoms with E-state index in [2.05, 4.69) is 70.4 Å². The molecule has 0 spiro atoms. The molecule has 4 atom stereocenters. The predicted octanol–water partition coefficient (Wildman–Crippen LogP) is 8.29. The summed E-state index contributed by atoms with van der Waals surface area (Å²) in [4.78, 5) is 0. The molecule has 3 aliphatic carbocycles. The normalized spacial score (nSPS) is 29.7. The van der Waals surface area contributed by atoms with E-state index in [1.165, 1.54) is 44.1 Å². The summed E-state index contributed by atoms with van der Waals surface area (Å²) < 4.78 is 0. The van der Waals surface area contributed by atoms with Gasteiger partial charge in [0, 0.05) is 0 Å². The minimum Gasteiger partial charge on any atom is -0.128 e. The van der Waals surface area contributed by atoms with Gasteiger partial charge in [0.2, 0.25) is 0 Å². The second kappa shape index (κ2) is 12.2. The van der Waals surface area contributed by atoms with Crippen molar-refractivity contribution in [2.45, 2.75) is 80.1 Å². The van der Waals surface area contributed by atoms with Crippen LogP contribution in [0.4, 0.5) is 0 Å². The van der Waals surface area contributed by atoms with Crippen LogP contribution in [0.1, 0.15) is 80.1 Å². The summed E-state index contributed by atoms with van der Waals surface area (Å²) in [6.45, 7) is 16.9. The minimum atomic E-state index is 0.689. The highest BCUT2D eigenvalue weighted by atomic mass is 14.4. The Kier molecular flexibility index (Phi) is 10.7. The molecule has 0 bridgehead atoms. The van der Waals surface area contributed by atoms with Gasteiger partial charge in [-0.05, 0) is 79.8 Å². The summed E-state index contributed by atoms with van der Waals surface area (Å²) in [5.74, 6) is 3.87. The molecule has 0 aromatic rings. The van der Waals surface area contributed by atoms with Gasteiger partial charge in [0.25, 0.3) is 0 Å². The second-order valence-corrected chi connectivity index (χ2v) is 8.24. The first kappa shape index (κ1) is 22.8. The Balaban J connectivity index is 0.000000249. The fraction of sp³-hybridized carbons (Fsp3) is 0.654. The van der Waals surface area contributed by atoms with Crippen LogP contribution in [0.25, 0.3) is 0 Å². The topological polar surface area (TPSA) is 0 Å². The lowest BCUT2D eigenvalue weighted by Crippen LogP contribution is -2.12. The Bertz CT molecular complexity index is 536. The van der Waals surface area contributed by atoms with Gasteiger partial charge >= 0.3 is 0 Å². The quantitative estimate of drug-likeness (QED) is 0.345. The number of fused-ring (bicyclic) bond motifs is 1. The van der Waals surface area contributed by atoms with Gasteiger partial charge < -0.3 is 0 Å². The molecule has 3 aliphatic rings. The molecule has 0 aliphatic heterocycles. The van der Waals surface area contributed by atoms with Crippen LogP contribution in [-0.4, -0.2) is 0 Å². The molecule has 3 rings (SSSR count). The van der Waals surface area contributed by atoms with Crippen molar-refractivity contribution in [1.29, 1.82) is 0 Å². The Hall–Kier alpha value is -1.26. The maximum atomic E-state index is 3.67. The summed E-state index contributed by atoms with van der Waals surface area (Å²) in [5, 5.41) is 0. The average molecular weight is 355 g/mol. The maximum Gasteiger partial charge on any atom is -0.00903 e. The van der Waals surface area contributed by atoms with Crippen LogP contribution in [-0.2, 0) is 0 Å². The Labute approximate surface area is 163 Å². The van der Waals surface area contributed by atoms with E-state index in [9.17, 15) is 0 Å².